The Kier molecular flexibility index (Phi) is 7.57. The molecular weight excluding hydrogens is 527 g/mol. The van der Waals surface area contributed by atoms with Crippen LogP contribution >= 0.6 is 0 Å². The Balaban J connectivity index is 1.46. The van der Waals surface area contributed by atoms with Crippen molar-refractivity contribution in [2.24, 2.45) is 5.41 Å². The number of amides is 1. The molecule has 2 heterocycles. The van der Waals surface area contributed by atoms with Crippen LogP contribution in [-0.2, 0) is 30.7 Å². The molecular formula is C28H31FN2O7S. The molecule has 0 spiro atoms. The average Bonchev–Trinajstić information content (AvgIpc) is 2.83. The number of methoxy groups -OCH3 is 1. The summed E-state index contributed by atoms with van der Waals surface area (Å²) in [5.41, 5.74) is -0.467. The first-order chi connectivity index (χ1) is 18.2. The number of aromatic nitrogens is 1. The van der Waals surface area contributed by atoms with Gasteiger partial charge in [0.25, 0.3) is 0 Å². The van der Waals surface area contributed by atoms with E-state index < -0.39 is 44.5 Å². The molecule has 3 aromatic rings. The third-order valence-electron chi connectivity index (χ3n) is 6.30. The summed E-state index contributed by atoms with van der Waals surface area (Å²) < 4.78 is 56.7. The van der Waals surface area contributed by atoms with E-state index in [1.807, 2.05) is 6.07 Å². The van der Waals surface area contributed by atoms with Crippen molar-refractivity contribution in [3.8, 4) is 5.75 Å². The van der Waals surface area contributed by atoms with E-state index >= 15 is 0 Å². The number of nitrogens with zero attached hydrogens (tertiary/aromatic N) is 2. The number of aryl methyl sites for hydroxylation is 1. The standard InChI is InChI=1S/C28H31FN2O7S/c1-18-13-19(22-7-6-8-23(29)24(22)30-18)14-37-20-9-11-21(12-10-20)39(34,35)17-28(25(32)36-5)15-31(16-28)26(33)38-27(2,3)4/h6-13H,14-17H2,1-5H3. The van der Waals surface area contributed by atoms with Gasteiger partial charge >= 0.3 is 12.1 Å². The van der Waals surface area contributed by atoms with Gasteiger partial charge in [-0.3, -0.25) is 9.78 Å². The molecule has 39 heavy (non-hydrogen) atoms. The number of fused-ring (bicyclic) bond motifs is 1. The van der Waals surface area contributed by atoms with Crippen LogP contribution in [0.25, 0.3) is 10.9 Å². The zero-order chi connectivity index (χ0) is 28.6. The molecule has 1 aliphatic rings. The molecule has 1 aromatic heterocycles. The van der Waals surface area contributed by atoms with Crippen LogP contribution in [0.15, 0.2) is 53.4 Å². The lowest BCUT2D eigenvalue weighted by atomic mass is 9.82. The Bertz CT molecular complexity index is 1510. The van der Waals surface area contributed by atoms with Gasteiger partial charge in [-0.25, -0.2) is 17.6 Å². The molecule has 1 fully saturated rings. The number of sulfone groups is 1. The predicted molar refractivity (Wildman–Crippen MR) is 142 cm³/mol. The minimum Gasteiger partial charge on any atom is -0.489 e. The number of benzene rings is 2. The first-order valence-corrected chi connectivity index (χ1v) is 13.9. The van der Waals surface area contributed by atoms with Crippen molar-refractivity contribution < 1.29 is 36.6 Å². The van der Waals surface area contributed by atoms with Crippen LogP contribution in [-0.4, -0.2) is 61.9 Å². The van der Waals surface area contributed by atoms with Crippen molar-refractivity contribution >= 4 is 32.8 Å². The highest BCUT2D eigenvalue weighted by molar-refractivity contribution is 7.91. The van der Waals surface area contributed by atoms with Crippen LogP contribution in [0.2, 0.25) is 0 Å². The first-order valence-electron chi connectivity index (χ1n) is 12.3. The third kappa shape index (κ3) is 6.13. The molecule has 11 heteroatoms. The summed E-state index contributed by atoms with van der Waals surface area (Å²) in [6.07, 6.45) is -0.624. The highest BCUT2D eigenvalue weighted by atomic mass is 32.2. The Labute approximate surface area is 226 Å². The van der Waals surface area contributed by atoms with E-state index in [4.69, 9.17) is 14.2 Å². The smallest absolute Gasteiger partial charge is 0.410 e. The lowest BCUT2D eigenvalue weighted by molar-refractivity contribution is -0.160. The Hall–Kier alpha value is -3.73. The summed E-state index contributed by atoms with van der Waals surface area (Å²) in [6, 6.07) is 12.4. The van der Waals surface area contributed by atoms with Crippen molar-refractivity contribution in [2.75, 3.05) is 26.0 Å². The molecule has 2 aromatic carbocycles. The van der Waals surface area contributed by atoms with Crippen molar-refractivity contribution in [2.45, 2.75) is 44.8 Å². The number of pyridine rings is 1. The van der Waals surface area contributed by atoms with Crippen molar-refractivity contribution in [1.29, 1.82) is 0 Å². The van der Waals surface area contributed by atoms with E-state index in [2.05, 4.69) is 4.98 Å². The molecule has 0 saturated carbocycles. The number of likely N-dealkylation sites (tertiary alicyclic amines) is 1. The van der Waals surface area contributed by atoms with Crippen molar-refractivity contribution in [1.82, 2.24) is 9.88 Å². The van der Waals surface area contributed by atoms with Gasteiger partial charge in [0, 0.05) is 29.7 Å². The minimum absolute atomic E-state index is 0.00104. The van der Waals surface area contributed by atoms with Crippen LogP contribution in [0, 0.1) is 18.2 Å². The fraction of sp³-hybridized carbons (Fsp3) is 0.393. The Morgan fingerprint density at radius 1 is 1.10 bits per heavy atom. The second-order valence-electron chi connectivity index (χ2n) is 10.7. The van der Waals surface area contributed by atoms with Gasteiger partial charge in [0.1, 0.15) is 34.7 Å². The number of hydrogen-bond acceptors (Lipinski definition) is 8. The van der Waals surface area contributed by atoms with E-state index in [0.29, 0.717) is 16.8 Å². The summed E-state index contributed by atoms with van der Waals surface area (Å²) in [6.45, 7) is 6.79. The van der Waals surface area contributed by atoms with Crippen molar-refractivity contribution in [3.05, 3.63) is 65.6 Å². The molecule has 1 aliphatic heterocycles. The van der Waals surface area contributed by atoms with Gasteiger partial charge in [0.15, 0.2) is 9.84 Å². The second-order valence-corrected chi connectivity index (χ2v) is 12.7. The van der Waals surface area contributed by atoms with Gasteiger partial charge in [-0.2, -0.15) is 0 Å². The molecule has 0 radical (unpaired) electrons. The number of halogens is 1. The van der Waals surface area contributed by atoms with Crippen LogP contribution in [0.1, 0.15) is 32.0 Å². The number of rotatable bonds is 7. The molecule has 208 valence electrons. The van der Waals surface area contributed by atoms with E-state index in [9.17, 15) is 22.4 Å². The number of ether oxygens (including phenoxy) is 3. The lowest BCUT2D eigenvalue weighted by Gasteiger charge is -2.47. The highest BCUT2D eigenvalue weighted by Gasteiger charge is 2.55. The SMILES string of the molecule is COC(=O)C1(CS(=O)(=O)c2ccc(OCc3cc(C)nc4c(F)cccc34)cc2)CN(C(=O)OC(C)(C)C)C1. The summed E-state index contributed by atoms with van der Waals surface area (Å²) >= 11 is 0. The van der Waals surface area contributed by atoms with Crippen LogP contribution < -0.4 is 4.74 Å². The summed E-state index contributed by atoms with van der Waals surface area (Å²) in [7, 11) is -2.74. The van der Waals surface area contributed by atoms with Gasteiger partial charge in [-0.15, -0.1) is 0 Å². The molecule has 0 aliphatic carbocycles. The topological polar surface area (TPSA) is 112 Å². The van der Waals surface area contributed by atoms with Gasteiger partial charge in [-0.1, -0.05) is 12.1 Å². The van der Waals surface area contributed by atoms with Crippen molar-refractivity contribution in [3.63, 3.8) is 0 Å². The fourth-order valence-corrected chi connectivity index (χ4v) is 6.28. The summed E-state index contributed by atoms with van der Waals surface area (Å²) in [5.74, 6) is -1.24. The van der Waals surface area contributed by atoms with Gasteiger partial charge in [0.2, 0.25) is 0 Å². The van der Waals surface area contributed by atoms with E-state index in [0.717, 1.165) is 5.56 Å². The normalized spacial score (nSPS) is 15.0. The number of esters is 1. The van der Waals surface area contributed by atoms with E-state index in [1.54, 1.807) is 39.8 Å². The molecule has 0 unspecified atom stereocenters. The number of carbonyl (C=O) groups excluding carboxylic acids is 2. The Morgan fingerprint density at radius 3 is 2.38 bits per heavy atom. The van der Waals surface area contributed by atoms with Crippen LogP contribution in [0.3, 0.4) is 0 Å². The maximum absolute atomic E-state index is 14.2. The zero-order valence-electron chi connectivity index (χ0n) is 22.5. The molecule has 4 rings (SSSR count). The van der Waals surface area contributed by atoms with Gasteiger partial charge in [-0.05, 0) is 64.1 Å². The molecule has 9 nitrogen and oxygen atoms in total. The molecule has 1 saturated heterocycles. The largest absolute Gasteiger partial charge is 0.489 e. The van der Waals surface area contributed by atoms with E-state index in [1.165, 1.54) is 42.3 Å². The maximum atomic E-state index is 14.2. The Morgan fingerprint density at radius 2 is 1.77 bits per heavy atom. The van der Waals surface area contributed by atoms with E-state index in [-0.39, 0.29) is 30.1 Å². The van der Waals surface area contributed by atoms with Gasteiger partial charge in [0.05, 0.1) is 17.8 Å². The molecule has 0 bridgehead atoms. The van der Waals surface area contributed by atoms with Crippen LogP contribution in [0.4, 0.5) is 9.18 Å². The summed E-state index contributed by atoms with van der Waals surface area (Å²) in [5, 5.41) is 0.633. The molecule has 0 N–H and O–H groups in total. The number of carbonyl (C=O) groups is 2. The molecule has 0 atom stereocenters. The quantitative estimate of drug-likeness (QED) is 0.391. The number of hydrogen-bond donors (Lipinski definition) is 0. The predicted octanol–water partition coefficient (Wildman–Crippen LogP) is 4.45. The monoisotopic (exact) mass is 558 g/mol. The second kappa shape index (κ2) is 10.4. The van der Waals surface area contributed by atoms with Gasteiger partial charge < -0.3 is 19.1 Å². The van der Waals surface area contributed by atoms with Crippen LogP contribution in [0.5, 0.6) is 5.75 Å². The third-order valence-corrected chi connectivity index (χ3v) is 8.23. The fourth-order valence-electron chi connectivity index (χ4n) is 4.53. The highest BCUT2D eigenvalue weighted by Crippen LogP contribution is 2.36. The minimum atomic E-state index is -3.93. The molecule has 1 amide bonds. The zero-order valence-corrected chi connectivity index (χ0v) is 23.3. The lowest BCUT2D eigenvalue weighted by Crippen LogP contribution is -2.65. The summed E-state index contributed by atoms with van der Waals surface area (Å²) in [4.78, 5) is 30.5. The maximum Gasteiger partial charge on any atom is 0.410 e. The first kappa shape index (κ1) is 28.3. The number of para-hydroxylation sites is 1. The average molecular weight is 559 g/mol.